The molecule has 0 saturated carbocycles. The van der Waals surface area contributed by atoms with E-state index in [1.165, 1.54) is 26.4 Å². The third kappa shape index (κ3) is 3.75. The van der Waals surface area contributed by atoms with Crippen LogP contribution in [0.3, 0.4) is 0 Å². The van der Waals surface area contributed by atoms with Crippen LogP contribution in [0.15, 0.2) is 12.1 Å². The number of nitrogens with two attached hydrogens (primary N) is 1. The highest BCUT2D eigenvalue weighted by atomic mass is 16.5. The van der Waals surface area contributed by atoms with Crippen LogP contribution >= 0.6 is 0 Å². The lowest BCUT2D eigenvalue weighted by Gasteiger charge is -2.16. The Labute approximate surface area is 112 Å². The maximum Gasteiger partial charge on any atom is 0.323 e. The van der Waals surface area contributed by atoms with Crippen molar-refractivity contribution in [1.29, 1.82) is 0 Å². The fourth-order valence-electron chi connectivity index (χ4n) is 1.72. The molecule has 0 heterocycles. The van der Waals surface area contributed by atoms with E-state index in [1.54, 1.807) is 6.92 Å². The molecule has 6 heteroatoms. The number of hydrogen-bond acceptors (Lipinski definition) is 6. The van der Waals surface area contributed by atoms with Gasteiger partial charge in [0.05, 0.1) is 20.8 Å². The predicted octanol–water partition coefficient (Wildman–Crippen LogP) is 0.842. The highest BCUT2D eigenvalue weighted by molar-refractivity contribution is 5.76. The van der Waals surface area contributed by atoms with Gasteiger partial charge in [-0.05, 0) is 6.92 Å². The van der Waals surface area contributed by atoms with Crippen molar-refractivity contribution in [3.8, 4) is 17.2 Å². The van der Waals surface area contributed by atoms with Gasteiger partial charge in [0.1, 0.15) is 23.3 Å². The first-order valence-electron chi connectivity index (χ1n) is 5.89. The maximum atomic E-state index is 11.5. The Morgan fingerprint density at radius 1 is 1.32 bits per heavy atom. The van der Waals surface area contributed by atoms with Crippen LogP contribution in [0.4, 0.5) is 0 Å². The van der Waals surface area contributed by atoms with E-state index in [-0.39, 0.29) is 18.8 Å². The molecule has 1 aromatic rings. The maximum absolute atomic E-state index is 11.5. The largest absolute Gasteiger partial charge is 0.508 e. The predicted molar refractivity (Wildman–Crippen MR) is 69.5 cm³/mol. The Bertz CT molecular complexity index is 422. The molecule has 0 aromatic heterocycles. The van der Waals surface area contributed by atoms with E-state index in [1.807, 2.05) is 0 Å². The van der Waals surface area contributed by atoms with Crippen molar-refractivity contribution in [3.05, 3.63) is 17.7 Å². The molecule has 0 aliphatic heterocycles. The first-order chi connectivity index (χ1) is 9.03. The molecule has 0 aliphatic carbocycles. The van der Waals surface area contributed by atoms with Crippen LogP contribution in [0.25, 0.3) is 0 Å². The lowest BCUT2D eigenvalue weighted by molar-refractivity contribution is -0.144. The van der Waals surface area contributed by atoms with Crippen LogP contribution in [0.1, 0.15) is 12.5 Å². The van der Waals surface area contributed by atoms with Gasteiger partial charge < -0.3 is 25.1 Å². The molecule has 106 valence electrons. The van der Waals surface area contributed by atoms with Crippen molar-refractivity contribution in [2.75, 3.05) is 20.8 Å². The second-order valence-corrected chi connectivity index (χ2v) is 3.89. The molecular weight excluding hydrogens is 250 g/mol. The number of rotatable bonds is 6. The number of methoxy groups -OCH3 is 2. The van der Waals surface area contributed by atoms with Crippen molar-refractivity contribution >= 4 is 5.97 Å². The van der Waals surface area contributed by atoms with Crippen LogP contribution < -0.4 is 15.2 Å². The van der Waals surface area contributed by atoms with Gasteiger partial charge in [-0.25, -0.2) is 0 Å². The van der Waals surface area contributed by atoms with E-state index in [9.17, 15) is 9.90 Å². The molecule has 6 nitrogen and oxygen atoms in total. The molecule has 0 spiro atoms. The quantitative estimate of drug-likeness (QED) is 0.744. The fraction of sp³-hybridized carbons (Fsp3) is 0.462. The molecule has 0 radical (unpaired) electrons. The Balaban J connectivity index is 3.01. The SMILES string of the molecule is CCOC(=O)C(N)Cc1c(OC)cc(O)cc1OC. The van der Waals surface area contributed by atoms with Gasteiger partial charge in [0.25, 0.3) is 0 Å². The first-order valence-corrected chi connectivity index (χ1v) is 5.89. The third-order valence-corrected chi connectivity index (χ3v) is 2.61. The average Bonchev–Trinajstić information content (AvgIpc) is 2.40. The Kier molecular flexibility index (Phi) is 5.44. The monoisotopic (exact) mass is 269 g/mol. The Morgan fingerprint density at radius 3 is 2.26 bits per heavy atom. The summed E-state index contributed by atoms with van der Waals surface area (Å²) in [6.07, 6.45) is 0.200. The Morgan fingerprint density at radius 2 is 1.84 bits per heavy atom. The molecule has 0 bridgehead atoms. The number of hydrogen-bond donors (Lipinski definition) is 2. The minimum Gasteiger partial charge on any atom is -0.508 e. The molecule has 1 unspecified atom stereocenters. The van der Waals surface area contributed by atoms with Gasteiger partial charge in [-0.15, -0.1) is 0 Å². The van der Waals surface area contributed by atoms with Crippen LogP contribution in [0.2, 0.25) is 0 Å². The lowest BCUT2D eigenvalue weighted by atomic mass is 10.0. The zero-order chi connectivity index (χ0) is 14.4. The number of phenols is 1. The summed E-state index contributed by atoms with van der Waals surface area (Å²) < 4.78 is 15.2. The molecule has 1 aromatic carbocycles. The van der Waals surface area contributed by atoms with Crippen molar-refractivity contribution in [2.45, 2.75) is 19.4 Å². The zero-order valence-electron chi connectivity index (χ0n) is 11.3. The summed E-state index contributed by atoms with van der Waals surface area (Å²) in [5.74, 6) is 0.357. The van der Waals surface area contributed by atoms with Gasteiger partial charge in [-0.2, -0.15) is 0 Å². The average molecular weight is 269 g/mol. The van der Waals surface area contributed by atoms with Crippen molar-refractivity contribution < 1.29 is 24.1 Å². The zero-order valence-corrected chi connectivity index (χ0v) is 11.3. The minimum atomic E-state index is -0.813. The summed E-state index contributed by atoms with van der Waals surface area (Å²) in [4.78, 5) is 11.5. The van der Waals surface area contributed by atoms with Crippen LogP contribution in [0, 0.1) is 0 Å². The molecule has 0 saturated heterocycles. The second-order valence-electron chi connectivity index (χ2n) is 3.89. The van der Waals surface area contributed by atoms with Crippen molar-refractivity contribution in [1.82, 2.24) is 0 Å². The summed E-state index contributed by atoms with van der Waals surface area (Å²) >= 11 is 0. The highest BCUT2D eigenvalue weighted by Gasteiger charge is 2.21. The normalized spacial score (nSPS) is 11.8. The summed E-state index contributed by atoms with van der Waals surface area (Å²) in [5, 5.41) is 9.53. The number of esters is 1. The fourth-order valence-corrected chi connectivity index (χ4v) is 1.72. The topological polar surface area (TPSA) is 91.0 Å². The van der Waals surface area contributed by atoms with E-state index in [4.69, 9.17) is 19.9 Å². The number of carbonyl (C=O) groups excluding carboxylic acids is 1. The number of carbonyl (C=O) groups is 1. The van der Waals surface area contributed by atoms with Gasteiger partial charge in [0.2, 0.25) is 0 Å². The minimum absolute atomic E-state index is 0.0159. The van der Waals surface area contributed by atoms with E-state index in [0.717, 1.165) is 0 Å². The molecular formula is C13H19NO5. The Hall–Kier alpha value is -1.95. The number of phenolic OH excluding ortho intramolecular Hbond substituents is 1. The summed E-state index contributed by atoms with van der Waals surface area (Å²) in [6.45, 7) is 1.99. The molecule has 19 heavy (non-hydrogen) atoms. The first kappa shape index (κ1) is 15.1. The summed E-state index contributed by atoms with van der Waals surface area (Å²) in [5.41, 5.74) is 6.39. The third-order valence-electron chi connectivity index (χ3n) is 2.61. The van der Waals surface area contributed by atoms with E-state index in [0.29, 0.717) is 17.1 Å². The van der Waals surface area contributed by atoms with E-state index >= 15 is 0 Å². The molecule has 3 N–H and O–H groups in total. The van der Waals surface area contributed by atoms with E-state index < -0.39 is 12.0 Å². The molecule has 0 fully saturated rings. The van der Waals surface area contributed by atoms with Gasteiger partial charge in [-0.1, -0.05) is 0 Å². The summed E-state index contributed by atoms with van der Waals surface area (Å²) in [7, 11) is 2.93. The number of ether oxygens (including phenoxy) is 3. The highest BCUT2D eigenvalue weighted by Crippen LogP contribution is 2.34. The van der Waals surface area contributed by atoms with Crippen molar-refractivity contribution in [2.24, 2.45) is 5.73 Å². The van der Waals surface area contributed by atoms with Gasteiger partial charge in [0.15, 0.2) is 0 Å². The lowest BCUT2D eigenvalue weighted by Crippen LogP contribution is -2.34. The van der Waals surface area contributed by atoms with Crippen molar-refractivity contribution in [3.63, 3.8) is 0 Å². The number of benzene rings is 1. The molecule has 0 amide bonds. The molecule has 0 aliphatic rings. The van der Waals surface area contributed by atoms with Crippen LogP contribution in [-0.2, 0) is 16.0 Å². The molecule has 1 atom stereocenters. The van der Waals surface area contributed by atoms with E-state index in [2.05, 4.69) is 0 Å². The standard InChI is InChI=1S/C13H19NO5/c1-4-19-13(16)10(14)7-9-11(17-2)5-8(15)6-12(9)18-3/h5-6,10,15H,4,7,14H2,1-3H3. The molecule has 1 rings (SSSR count). The van der Waals surface area contributed by atoms with Gasteiger partial charge in [0, 0.05) is 24.1 Å². The number of aromatic hydroxyl groups is 1. The summed E-state index contributed by atoms with van der Waals surface area (Å²) in [6, 6.07) is 2.07. The second kappa shape index (κ2) is 6.84. The van der Waals surface area contributed by atoms with Gasteiger partial charge in [-0.3, -0.25) is 4.79 Å². The van der Waals surface area contributed by atoms with Crippen LogP contribution in [0.5, 0.6) is 17.2 Å². The van der Waals surface area contributed by atoms with Crippen LogP contribution in [-0.4, -0.2) is 37.9 Å². The van der Waals surface area contributed by atoms with Gasteiger partial charge >= 0.3 is 5.97 Å². The smallest absolute Gasteiger partial charge is 0.323 e.